The highest BCUT2D eigenvalue weighted by Crippen LogP contribution is 2.17. The fraction of sp³-hybridized carbons (Fsp3) is 0.429. The highest BCUT2D eigenvalue weighted by atomic mass is 35.5. The summed E-state index contributed by atoms with van der Waals surface area (Å²) in [4.78, 5) is 7.83. The minimum atomic E-state index is 0.513. The van der Waals surface area contributed by atoms with Crippen molar-refractivity contribution in [3.05, 3.63) is 17.5 Å². The molecule has 0 unspecified atom stereocenters. The van der Waals surface area contributed by atoms with Crippen molar-refractivity contribution in [2.75, 3.05) is 5.75 Å². The van der Waals surface area contributed by atoms with Crippen LogP contribution in [0.2, 0.25) is 5.15 Å². The first-order chi connectivity index (χ1) is 5.33. The van der Waals surface area contributed by atoms with Gasteiger partial charge < -0.3 is 0 Å². The zero-order valence-corrected chi connectivity index (χ0v) is 7.82. The van der Waals surface area contributed by atoms with E-state index in [0.717, 1.165) is 17.2 Å². The van der Waals surface area contributed by atoms with Gasteiger partial charge in [0.25, 0.3) is 0 Å². The second-order valence-electron chi connectivity index (χ2n) is 2.03. The van der Waals surface area contributed by atoms with Crippen molar-refractivity contribution in [2.45, 2.75) is 18.4 Å². The molecule has 2 nitrogen and oxygen atoms in total. The predicted molar refractivity (Wildman–Crippen MR) is 48.1 cm³/mol. The maximum absolute atomic E-state index is 5.66. The van der Waals surface area contributed by atoms with Gasteiger partial charge in [-0.3, -0.25) is 0 Å². The van der Waals surface area contributed by atoms with Gasteiger partial charge in [-0.05, 0) is 12.2 Å². The lowest BCUT2D eigenvalue weighted by atomic mass is 10.6. The molecule has 0 atom stereocenters. The van der Waals surface area contributed by atoms with E-state index < -0.39 is 0 Å². The number of halogens is 1. The lowest BCUT2D eigenvalue weighted by Gasteiger charge is -1.96. The van der Waals surface area contributed by atoms with Crippen molar-refractivity contribution in [1.29, 1.82) is 0 Å². The quantitative estimate of drug-likeness (QED) is 0.539. The van der Waals surface area contributed by atoms with Crippen LogP contribution in [-0.4, -0.2) is 15.7 Å². The van der Waals surface area contributed by atoms with E-state index in [4.69, 9.17) is 11.6 Å². The van der Waals surface area contributed by atoms with Crippen molar-refractivity contribution >= 4 is 23.4 Å². The summed E-state index contributed by atoms with van der Waals surface area (Å²) >= 11 is 7.36. The average molecular weight is 189 g/mol. The predicted octanol–water partition coefficient (Wildman–Crippen LogP) is 2.63. The Balaban J connectivity index is 2.56. The molecule has 0 amide bonds. The van der Waals surface area contributed by atoms with E-state index in [9.17, 15) is 0 Å². The summed E-state index contributed by atoms with van der Waals surface area (Å²) in [5.74, 6) is 1.08. The molecule has 1 rings (SSSR count). The monoisotopic (exact) mass is 188 g/mol. The van der Waals surface area contributed by atoms with Crippen molar-refractivity contribution in [2.24, 2.45) is 0 Å². The van der Waals surface area contributed by atoms with Gasteiger partial charge in [0.1, 0.15) is 16.5 Å². The van der Waals surface area contributed by atoms with Crippen LogP contribution in [0.1, 0.15) is 13.3 Å². The SMILES string of the molecule is CCCSc1cc(Cl)ncn1. The van der Waals surface area contributed by atoms with Gasteiger partial charge in [0.15, 0.2) is 0 Å². The molecule has 1 aromatic rings. The number of thioether (sulfide) groups is 1. The topological polar surface area (TPSA) is 25.8 Å². The van der Waals surface area contributed by atoms with E-state index in [1.54, 1.807) is 17.8 Å². The smallest absolute Gasteiger partial charge is 0.133 e. The van der Waals surface area contributed by atoms with Gasteiger partial charge in [-0.25, -0.2) is 9.97 Å². The van der Waals surface area contributed by atoms with Gasteiger partial charge in [-0.15, -0.1) is 11.8 Å². The Hall–Kier alpha value is -0.280. The Morgan fingerprint density at radius 2 is 2.36 bits per heavy atom. The summed E-state index contributed by atoms with van der Waals surface area (Å²) in [6, 6.07) is 1.78. The number of aromatic nitrogens is 2. The molecule has 0 saturated heterocycles. The molecule has 0 aliphatic heterocycles. The molecule has 0 fully saturated rings. The van der Waals surface area contributed by atoms with E-state index in [-0.39, 0.29) is 0 Å². The summed E-state index contributed by atoms with van der Waals surface area (Å²) in [5.41, 5.74) is 0. The average Bonchev–Trinajstić information content (AvgIpc) is 2.01. The zero-order valence-electron chi connectivity index (χ0n) is 6.25. The van der Waals surface area contributed by atoms with Crippen molar-refractivity contribution in [3.63, 3.8) is 0 Å². The van der Waals surface area contributed by atoms with Crippen LogP contribution in [0.15, 0.2) is 17.4 Å². The Bertz CT molecular complexity index is 229. The maximum atomic E-state index is 5.66. The van der Waals surface area contributed by atoms with E-state index in [0.29, 0.717) is 5.15 Å². The number of nitrogens with zero attached hydrogens (tertiary/aromatic N) is 2. The highest BCUT2D eigenvalue weighted by molar-refractivity contribution is 7.99. The van der Waals surface area contributed by atoms with Gasteiger partial charge in [0.2, 0.25) is 0 Å². The van der Waals surface area contributed by atoms with Crippen LogP contribution in [-0.2, 0) is 0 Å². The summed E-state index contributed by atoms with van der Waals surface area (Å²) in [7, 11) is 0. The second-order valence-corrected chi connectivity index (χ2v) is 3.53. The van der Waals surface area contributed by atoms with Crippen LogP contribution in [0.5, 0.6) is 0 Å². The molecule has 4 heteroatoms. The first-order valence-electron chi connectivity index (χ1n) is 3.43. The van der Waals surface area contributed by atoms with E-state index >= 15 is 0 Å². The molecule has 0 aliphatic carbocycles. The number of hydrogen-bond donors (Lipinski definition) is 0. The molecule has 0 bridgehead atoms. The molecule has 0 aromatic carbocycles. The third kappa shape index (κ3) is 3.08. The number of hydrogen-bond acceptors (Lipinski definition) is 3. The minimum Gasteiger partial charge on any atom is -0.230 e. The van der Waals surface area contributed by atoms with Gasteiger partial charge in [0, 0.05) is 6.07 Å². The van der Waals surface area contributed by atoms with Gasteiger partial charge in [-0.1, -0.05) is 18.5 Å². The van der Waals surface area contributed by atoms with Crippen LogP contribution >= 0.6 is 23.4 Å². The molecule has 0 aliphatic rings. The van der Waals surface area contributed by atoms with E-state index in [1.807, 2.05) is 0 Å². The van der Waals surface area contributed by atoms with Crippen LogP contribution in [0.3, 0.4) is 0 Å². The second kappa shape index (κ2) is 4.57. The third-order valence-electron chi connectivity index (χ3n) is 1.06. The normalized spacial score (nSPS) is 10.0. The molecule has 0 N–H and O–H groups in total. The van der Waals surface area contributed by atoms with Gasteiger partial charge in [0.05, 0.1) is 0 Å². The van der Waals surface area contributed by atoms with Crippen molar-refractivity contribution < 1.29 is 0 Å². The van der Waals surface area contributed by atoms with Crippen molar-refractivity contribution in [3.8, 4) is 0 Å². The van der Waals surface area contributed by atoms with Crippen LogP contribution in [0, 0.1) is 0 Å². The third-order valence-corrected chi connectivity index (χ3v) is 2.40. The maximum Gasteiger partial charge on any atom is 0.133 e. The Kier molecular flexibility index (Phi) is 3.66. The van der Waals surface area contributed by atoms with Crippen LogP contribution < -0.4 is 0 Å². The summed E-state index contributed by atoms with van der Waals surface area (Å²) in [6.45, 7) is 2.13. The molecular formula is C7H9ClN2S. The summed E-state index contributed by atoms with van der Waals surface area (Å²) < 4.78 is 0. The molecule has 0 spiro atoms. The fourth-order valence-corrected chi connectivity index (χ4v) is 1.54. The standard InChI is InChI=1S/C7H9ClN2S/c1-2-3-11-7-4-6(8)9-5-10-7/h4-5H,2-3H2,1H3. The van der Waals surface area contributed by atoms with Crippen LogP contribution in [0.4, 0.5) is 0 Å². The van der Waals surface area contributed by atoms with Crippen molar-refractivity contribution in [1.82, 2.24) is 9.97 Å². The molecule has 60 valence electrons. The first kappa shape index (κ1) is 8.81. The fourth-order valence-electron chi connectivity index (χ4n) is 0.603. The largest absolute Gasteiger partial charge is 0.230 e. The van der Waals surface area contributed by atoms with Crippen LogP contribution in [0.25, 0.3) is 0 Å². The first-order valence-corrected chi connectivity index (χ1v) is 4.79. The Morgan fingerprint density at radius 1 is 1.55 bits per heavy atom. The molecule has 1 aromatic heterocycles. The lowest BCUT2D eigenvalue weighted by molar-refractivity contribution is 1.04. The zero-order chi connectivity index (χ0) is 8.10. The lowest BCUT2D eigenvalue weighted by Crippen LogP contribution is -1.83. The summed E-state index contributed by atoms with van der Waals surface area (Å²) in [6.07, 6.45) is 2.63. The molecular weight excluding hydrogens is 180 g/mol. The van der Waals surface area contributed by atoms with E-state index in [2.05, 4.69) is 16.9 Å². The molecule has 0 radical (unpaired) electrons. The molecule has 1 heterocycles. The Labute approximate surface area is 75.4 Å². The molecule has 11 heavy (non-hydrogen) atoms. The summed E-state index contributed by atoms with van der Waals surface area (Å²) in [5, 5.41) is 1.46. The highest BCUT2D eigenvalue weighted by Gasteiger charge is 1.95. The minimum absolute atomic E-state index is 0.513. The number of rotatable bonds is 3. The van der Waals surface area contributed by atoms with E-state index in [1.165, 1.54) is 6.33 Å². The van der Waals surface area contributed by atoms with Gasteiger partial charge in [-0.2, -0.15) is 0 Å². The van der Waals surface area contributed by atoms with Gasteiger partial charge >= 0.3 is 0 Å². The molecule has 0 saturated carbocycles. The Morgan fingerprint density at radius 3 is 3.00 bits per heavy atom.